The Hall–Kier alpha value is -4.50. The van der Waals surface area contributed by atoms with Crippen LogP contribution in [-0.4, -0.2) is 39.6 Å². The number of nitrogens with one attached hydrogen (secondary N) is 1. The first kappa shape index (κ1) is 26.6. The van der Waals surface area contributed by atoms with Crippen LogP contribution in [0.2, 0.25) is 0 Å². The molecule has 0 spiro atoms. The highest BCUT2D eigenvalue weighted by Crippen LogP contribution is 2.34. The van der Waals surface area contributed by atoms with Gasteiger partial charge in [-0.2, -0.15) is 0 Å². The molecule has 1 aromatic carbocycles. The number of carbonyl (C=O) groups excluding carboxylic acids is 2. The van der Waals surface area contributed by atoms with E-state index in [1.54, 1.807) is 30.1 Å². The fraction of sp³-hybridized carbons (Fsp3) is 0.241. The zero-order chi connectivity index (χ0) is 27.2. The first-order valence-corrected chi connectivity index (χ1v) is 12.3. The lowest BCUT2D eigenvalue weighted by atomic mass is 10.0. The van der Waals surface area contributed by atoms with E-state index in [9.17, 15) is 9.59 Å². The monoisotopic (exact) mass is 513 g/mol. The van der Waals surface area contributed by atoms with E-state index in [2.05, 4.69) is 16.9 Å². The minimum Gasteiger partial charge on any atom is -0.481 e. The number of hydrogen-bond acceptors (Lipinski definition) is 7. The van der Waals surface area contributed by atoms with Crippen molar-refractivity contribution in [3.8, 4) is 28.1 Å². The maximum absolute atomic E-state index is 12.5. The van der Waals surface area contributed by atoms with E-state index in [1.165, 1.54) is 6.08 Å². The number of aromatic nitrogens is 3. The van der Waals surface area contributed by atoms with Crippen molar-refractivity contribution in [2.75, 3.05) is 12.4 Å². The van der Waals surface area contributed by atoms with E-state index in [-0.39, 0.29) is 18.6 Å². The standard InChI is InChI=1S/C29H31N5O4/c1-5-18(3)27(30)29(36)38-17-34-16-24(20-10-11-31-26(14-20)37-4)23-13-21(15-32-28(23)34)19-8-7-9-22(12-19)33-25(35)6-2/h6-16,18,27H,2,5,17,30H2,1,3-4H3,(H,33,35)/t18-,27-/m0/s1. The van der Waals surface area contributed by atoms with Crippen molar-refractivity contribution < 1.29 is 19.1 Å². The summed E-state index contributed by atoms with van der Waals surface area (Å²) in [6.07, 6.45) is 7.31. The number of rotatable bonds is 10. The fourth-order valence-corrected chi connectivity index (χ4v) is 4.03. The summed E-state index contributed by atoms with van der Waals surface area (Å²) in [5.41, 5.74) is 10.8. The topological polar surface area (TPSA) is 121 Å². The molecular weight excluding hydrogens is 482 g/mol. The van der Waals surface area contributed by atoms with Gasteiger partial charge in [-0.05, 0) is 47.4 Å². The molecule has 0 saturated heterocycles. The van der Waals surface area contributed by atoms with E-state index in [0.29, 0.717) is 17.2 Å². The number of esters is 1. The molecule has 0 bridgehead atoms. The summed E-state index contributed by atoms with van der Waals surface area (Å²) in [6, 6.07) is 12.5. The van der Waals surface area contributed by atoms with Gasteiger partial charge in [0.15, 0.2) is 6.73 Å². The first-order chi connectivity index (χ1) is 18.3. The van der Waals surface area contributed by atoms with Crippen LogP contribution in [0.3, 0.4) is 0 Å². The second kappa shape index (κ2) is 11.7. The molecule has 0 fully saturated rings. The molecule has 0 unspecified atom stereocenters. The molecule has 3 heterocycles. The van der Waals surface area contributed by atoms with Crippen LogP contribution < -0.4 is 15.8 Å². The summed E-state index contributed by atoms with van der Waals surface area (Å²) in [5.74, 6) is -0.256. The number of pyridine rings is 2. The largest absolute Gasteiger partial charge is 0.481 e. The van der Waals surface area contributed by atoms with Crippen LogP contribution in [0, 0.1) is 5.92 Å². The number of nitrogens with zero attached hydrogens (tertiary/aromatic N) is 3. The molecule has 3 aromatic heterocycles. The molecule has 0 aliphatic heterocycles. The molecule has 0 radical (unpaired) electrons. The number of ether oxygens (including phenoxy) is 2. The Bertz CT molecular complexity index is 1480. The van der Waals surface area contributed by atoms with Gasteiger partial charge in [0.05, 0.1) is 7.11 Å². The lowest BCUT2D eigenvalue weighted by molar-refractivity contribution is -0.150. The third kappa shape index (κ3) is 5.73. The second-order valence-electron chi connectivity index (χ2n) is 8.97. The summed E-state index contributed by atoms with van der Waals surface area (Å²) in [4.78, 5) is 33.2. The van der Waals surface area contributed by atoms with Gasteiger partial charge in [0.25, 0.3) is 0 Å². The molecule has 0 saturated carbocycles. The highest BCUT2D eigenvalue weighted by Gasteiger charge is 2.22. The molecule has 4 rings (SSSR count). The average molecular weight is 514 g/mol. The highest BCUT2D eigenvalue weighted by molar-refractivity contribution is 6.00. The van der Waals surface area contributed by atoms with Crippen molar-refractivity contribution in [2.24, 2.45) is 11.7 Å². The minimum atomic E-state index is -0.695. The molecule has 0 aliphatic rings. The maximum atomic E-state index is 12.5. The van der Waals surface area contributed by atoms with Gasteiger partial charge in [0.2, 0.25) is 11.8 Å². The molecular formula is C29H31N5O4. The lowest BCUT2D eigenvalue weighted by Crippen LogP contribution is -2.38. The molecule has 196 valence electrons. The Morgan fingerprint density at radius 1 is 1.16 bits per heavy atom. The van der Waals surface area contributed by atoms with Crippen molar-refractivity contribution in [1.82, 2.24) is 14.5 Å². The number of hydrogen-bond donors (Lipinski definition) is 2. The smallest absolute Gasteiger partial charge is 0.324 e. The molecule has 1 amide bonds. The summed E-state index contributed by atoms with van der Waals surface area (Å²) in [7, 11) is 1.56. The first-order valence-electron chi connectivity index (χ1n) is 12.3. The van der Waals surface area contributed by atoms with Crippen molar-refractivity contribution in [3.05, 3.63) is 73.7 Å². The van der Waals surface area contributed by atoms with E-state index < -0.39 is 12.0 Å². The zero-order valence-electron chi connectivity index (χ0n) is 21.7. The molecule has 38 heavy (non-hydrogen) atoms. The Balaban J connectivity index is 1.75. The van der Waals surface area contributed by atoms with Crippen LogP contribution in [0.25, 0.3) is 33.3 Å². The predicted octanol–water partition coefficient (Wildman–Crippen LogP) is 4.77. The van der Waals surface area contributed by atoms with Gasteiger partial charge in [0, 0.05) is 46.9 Å². The van der Waals surface area contributed by atoms with Crippen molar-refractivity contribution >= 4 is 28.6 Å². The Labute approximate surface area is 221 Å². The molecule has 9 nitrogen and oxygen atoms in total. The number of anilines is 1. The Morgan fingerprint density at radius 3 is 2.71 bits per heavy atom. The van der Waals surface area contributed by atoms with Crippen LogP contribution >= 0.6 is 0 Å². The van der Waals surface area contributed by atoms with E-state index in [1.807, 2.05) is 56.4 Å². The van der Waals surface area contributed by atoms with Crippen LogP contribution in [0.4, 0.5) is 5.69 Å². The normalized spacial score (nSPS) is 12.5. The second-order valence-corrected chi connectivity index (χ2v) is 8.97. The average Bonchev–Trinajstić information content (AvgIpc) is 3.32. The molecule has 3 N–H and O–H groups in total. The zero-order valence-corrected chi connectivity index (χ0v) is 21.7. The van der Waals surface area contributed by atoms with Gasteiger partial charge < -0.3 is 20.5 Å². The number of fused-ring (bicyclic) bond motifs is 1. The van der Waals surface area contributed by atoms with Crippen molar-refractivity contribution in [3.63, 3.8) is 0 Å². The van der Waals surface area contributed by atoms with Gasteiger partial charge in [-0.25, -0.2) is 9.97 Å². The van der Waals surface area contributed by atoms with Crippen LogP contribution in [0.15, 0.2) is 73.7 Å². The number of amides is 1. The summed E-state index contributed by atoms with van der Waals surface area (Å²) >= 11 is 0. The van der Waals surface area contributed by atoms with E-state index in [0.717, 1.165) is 34.1 Å². The van der Waals surface area contributed by atoms with Gasteiger partial charge in [-0.1, -0.05) is 39.0 Å². The quantitative estimate of drug-likeness (QED) is 0.231. The number of benzene rings is 1. The molecule has 4 aromatic rings. The van der Waals surface area contributed by atoms with Crippen molar-refractivity contribution in [1.29, 1.82) is 0 Å². The predicted molar refractivity (Wildman–Crippen MR) is 147 cm³/mol. The Morgan fingerprint density at radius 2 is 1.97 bits per heavy atom. The van der Waals surface area contributed by atoms with Crippen molar-refractivity contribution in [2.45, 2.75) is 33.0 Å². The summed E-state index contributed by atoms with van der Waals surface area (Å²) in [5, 5.41) is 3.63. The van der Waals surface area contributed by atoms with E-state index >= 15 is 0 Å². The minimum absolute atomic E-state index is 0.0106. The third-order valence-corrected chi connectivity index (χ3v) is 6.49. The summed E-state index contributed by atoms with van der Waals surface area (Å²) < 4.78 is 12.7. The van der Waals surface area contributed by atoms with Crippen LogP contribution in [0.5, 0.6) is 5.88 Å². The summed E-state index contributed by atoms with van der Waals surface area (Å²) in [6.45, 7) is 7.37. The molecule has 9 heteroatoms. The maximum Gasteiger partial charge on any atom is 0.324 e. The molecule has 0 aliphatic carbocycles. The van der Waals surface area contributed by atoms with Crippen LogP contribution in [0.1, 0.15) is 20.3 Å². The number of methoxy groups -OCH3 is 1. The van der Waals surface area contributed by atoms with Gasteiger partial charge >= 0.3 is 5.97 Å². The van der Waals surface area contributed by atoms with Gasteiger partial charge in [-0.3, -0.25) is 14.2 Å². The van der Waals surface area contributed by atoms with Crippen LogP contribution in [-0.2, 0) is 21.1 Å². The number of nitrogens with two attached hydrogens (primary N) is 1. The Kier molecular flexibility index (Phi) is 8.18. The highest BCUT2D eigenvalue weighted by atomic mass is 16.5. The number of carbonyl (C=O) groups is 2. The SMILES string of the molecule is C=CC(=O)Nc1cccc(-c2cnc3c(c2)c(-c2ccnc(OC)c2)cn3COC(=O)[C@@H](N)[C@@H](C)CC)c1. The third-order valence-electron chi connectivity index (χ3n) is 6.49. The van der Waals surface area contributed by atoms with E-state index in [4.69, 9.17) is 20.2 Å². The van der Waals surface area contributed by atoms with Gasteiger partial charge in [-0.15, -0.1) is 0 Å². The molecule has 2 atom stereocenters. The van der Waals surface area contributed by atoms with Gasteiger partial charge in [0.1, 0.15) is 11.7 Å². The fourth-order valence-electron chi connectivity index (χ4n) is 4.03. The lowest BCUT2D eigenvalue weighted by Gasteiger charge is -2.17.